The largest absolute Gasteiger partial charge is 0.322 e. The molecule has 1 amide bonds. The van der Waals surface area contributed by atoms with Crippen molar-refractivity contribution in [2.45, 2.75) is 11.8 Å². The predicted octanol–water partition coefficient (Wildman–Crippen LogP) is 4.68. The van der Waals surface area contributed by atoms with Gasteiger partial charge in [-0.2, -0.15) is 0 Å². The van der Waals surface area contributed by atoms with E-state index in [4.69, 9.17) is 18.0 Å². The van der Waals surface area contributed by atoms with Crippen molar-refractivity contribution >= 4 is 38.9 Å². The third-order valence-electron chi connectivity index (χ3n) is 4.05. The fourth-order valence-corrected chi connectivity index (χ4v) is 3.93. The van der Waals surface area contributed by atoms with Crippen molar-refractivity contribution < 1.29 is 13.2 Å². The van der Waals surface area contributed by atoms with Crippen LogP contribution in [0.3, 0.4) is 0 Å². The second-order valence-corrected chi connectivity index (χ2v) is 8.39. The summed E-state index contributed by atoms with van der Waals surface area (Å²) in [5.41, 5.74) is 2.46. The van der Waals surface area contributed by atoms with E-state index in [2.05, 4.69) is 16.0 Å². The number of carbonyl (C=O) groups is 1. The van der Waals surface area contributed by atoms with Gasteiger partial charge < -0.3 is 5.32 Å². The van der Waals surface area contributed by atoms with Crippen LogP contribution < -0.4 is 10.0 Å². The summed E-state index contributed by atoms with van der Waals surface area (Å²) in [4.78, 5) is 12.6. The van der Waals surface area contributed by atoms with Gasteiger partial charge in [0.25, 0.3) is 15.9 Å². The topological polar surface area (TPSA) is 75.3 Å². The van der Waals surface area contributed by atoms with Crippen molar-refractivity contribution in [3.8, 4) is 12.3 Å². The molecule has 2 N–H and O–H groups in total. The van der Waals surface area contributed by atoms with Crippen LogP contribution in [0.5, 0.6) is 0 Å². The van der Waals surface area contributed by atoms with E-state index in [1.165, 1.54) is 18.2 Å². The Kier molecular flexibility index (Phi) is 5.92. The first-order chi connectivity index (χ1) is 13.8. The van der Waals surface area contributed by atoms with Gasteiger partial charge >= 0.3 is 0 Å². The third kappa shape index (κ3) is 4.96. The highest BCUT2D eigenvalue weighted by atomic mass is 35.5. The van der Waals surface area contributed by atoms with Crippen molar-refractivity contribution in [1.82, 2.24) is 0 Å². The molecule has 0 atom stereocenters. The smallest absolute Gasteiger partial charge is 0.261 e. The van der Waals surface area contributed by atoms with Gasteiger partial charge in [-0.25, -0.2) is 8.42 Å². The van der Waals surface area contributed by atoms with Crippen LogP contribution in [0.2, 0.25) is 5.02 Å². The molecule has 0 heterocycles. The van der Waals surface area contributed by atoms with Crippen molar-refractivity contribution in [3.63, 3.8) is 0 Å². The van der Waals surface area contributed by atoms with E-state index >= 15 is 0 Å². The van der Waals surface area contributed by atoms with Crippen LogP contribution in [-0.4, -0.2) is 14.3 Å². The van der Waals surface area contributed by atoms with Crippen molar-refractivity contribution in [2.75, 3.05) is 10.0 Å². The molecule has 3 aromatic rings. The molecule has 0 aromatic heterocycles. The summed E-state index contributed by atoms with van der Waals surface area (Å²) in [6, 6.07) is 17.7. The normalized spacial score (nSPS) is 10.8. The van der Waals surface area contributed by atoms with Crippen molar-refractivity contribution in [1.29, 1.82) is 0 Å². The lowest BCUT2D eigenvalue weighted by molar-refractivity contribution is 0.102. The molecule has 5 nitrogen and oxygen atoms in total. The number of terminal acetylenes is 1. The fourth-order valence-electron chi connectivity index (χ4n) is 2.65. The molecule has 29 heavy (non-hydrogen) atoms. The molecule has 0 aliphatic heterocycles. The fraction of sp³-hybridized carbons (Fsp3) is 0.0455. The van der Waals surface area contributed by atoms with Gasteiger partial charge in [0.05, 0.1) is 15.5 Å². The summed E-state index contributed by atoms with van der Waals surface area (Å²) >= 11 is 6.14. The van der Waals surface area contributed by atoms with E-state index in [-0.39, 0.29) is 15.5 Å². The number of rotatable bonds is 5. The van der Waals surface area contributed by atoms with Gasteiger partial charge in [0, 0.05) is 16.9 Å². The summed E-state index contributed by atoms with van der Waals surface area (Å²) in [5.74, 6) is 1.94. The Labute approximate surface area is 174 Å². The van der Waals surface area contributed by atoms with Crippen molar-refractivity contribution in [2.24, 2.45) is 0 Å². The van der Waals surface area contributed by atoms with Crippen LogP contribution in [0.4, 0.5) is 11.4 Å². The summed E-state index contributed by atoms with van der Waals surface area (Å²) in [6.45, 7) is 1.86. The summed E-state index contributed by atoms with van der Waals surface area (Å²) < 4.78 is 28.0. The first kappa shape index (κ1) is 20.5. The molecule has 146 valence electrons. The number of anilines is 2. The molecular formula is C22H17ClN2O3S. The van der Waals surface area contributed by atoms with Gasteiger partial charge in [0.2, 0.25) is 0 Å². The van der Waals surface area contributed by atoms with E-state index in [1.54, 1.807) is 42.5 Å². The van der Waals surface area contributed by atoms with E-state index in [9.17, 15) is 13.2 Å². The van der Waals surface area contributed by atoms with Gasteiger partial charge in [-0.15, -0.1) is 6.42 Å². The minimum atomic E-state index is -3.90. The third-order valence-corrected chi connectivity index (χ3v) is 5.76. The van der Waals surface area contributed by atoms with Gasteiger partial charge in [-0.3, -0.25) is 9.52 Å². The van der Waals surface area contributed by atoms with Crippen LogP contribution >= 0.6 is 11.6 Å². The molecule has 0 unspecified atom stereocenters. The zero-order valence-electron chi connectivity index (χ0n) is 15.4. The van der Waals surface area contributed by atoms with Crippen LogP contribution in [-0.2, 0) is 10.0 Å². The molecule has 3 aromatic carbocycles. The van der Waals surface area contributed by atoms with Crippen molar-refractivity contribution in [3.05, 3.63) is 88.4 Å². The van der Waals surface area contributed by atoms with Gasteiger partial charge in [0.15, 0.2) is 0 Å². The van der Waals surface area contributed by atoms with E-state index in [0.29, 0.717) is 16.9 Å². The molecule has 3 rings (SSSR count). The Hall–Kier alpha value is -3.27. The number of sulfonamides is 1. The molecule has 0 radical (unpaired) electrons. The number of amides is 1. The zero-order chi connectivity index (χ0) is 21.0. The number of hydrogen-bond acceptors (Lipinski definition) is 3. The summed E-state index contributed by atoms with van der Waals surface area (Å²) in [6.07, 6.45) is 5.37. The maximum atomic E-state index is 12.7. The average Bonchev–Trinajstić information content (AvgIpc) is 2.68. The number of benzene rings is 3. The molecule has 0 bridgehead atoms. The molecule has 7 heteroatoms. The molecular weight excluding hydrogens is 408 g/mol. The minimum Gasteiger partial charge on any atom is -0.322 e. The maximum Gasteiger partial charge on any atom is 0.261 e. The minimum absolute atomic E-state index is 0.0323. The standard InChI is InChI=1S/C22H17ClN2O3S/c1-3-16-7-5-8-17(13-16)24-22(26)20-14-19(10-11-21(20)23)29(27,28)25-18-9-4-6-15(2)12-18/h1,4-14,25H,2H3,(H,24,26). The molecule has 0 fully saturated rings. The highest BCUT2D eigenvalue weighted by Crippen LogP contribution is 2.24. The van der Waals surface area contributed by atoms with Crippen LogP contribution in [0.15, 0.2) is 71.6 Å². The Morgan fingerprint density at radius 1 is 1.00 bits per heavy atom. The highest BCUT2D eigenvalue weighted by molar-refractivity contribution is 7.92. The Bertz CT molecular complexity index is 1230. The SMILES string of the molecule is C#Cc1cccc(NC(=O)c2cc(S(=O)(=O)Nc3cccc(C)c3)ccc2Cl)c1. The first-order valence-electron chi connectivity index (χ1n) is 8.55. The van der Waals surface area contributed by atoms with Crippen LogP contribution in [0.1, 0.15) is 21.5 Å². The number of halogens is 1. The van der Waals surface area contributed by atoms with E-state index < -0.39 is 15.9 Å². The Balaban J connectivity index is 1.89. The van der Waals surface area contributed by atoms with E-state index in [0.717, 1.165) is 5.56 Å². The number of carbonyl (C=O) groups excluding carboxylic acids is 1. The lowest BCUT2D eigenvalue weighted by Crippen LogP contribution is -2.16. The maximum absolute atomic E-state index is 12.7. The quantitative estimate of drug-likeness (QED) is 0.584. The lowest BCUT2D eigenvalue weighted by atomic mass is 10.2. The van der Waals surface area contributed by atoms with Crippen LogP contribution in [0.25, 0.3) is 0 Å². The molecule has 0 saturated carbocycles. The number of nitrogens with one attached hydrogen (secondary N) is 2. The first-order valence-corrected chi connectivity index (χ1v) is 10.4. The Morgan fingerprint density at radius 3 is 2.45 bits per heavy atom. The molecule has 0 aliphatic rings. The summed E-state index contributed by atoms with van der Waals surface area (Å²) in [7, 11) is -3.90. The Morgan fingerprint density at radius 2 is 1.72 bits per heavy atom. The van der Waals surface area contributed by atoms with Gasteiger partial charge in [0.1, 0.15) is 0 Å². The van der Waals surface area contributed by atoms with Crippen LogP contribution in [0, 0.1) is 19.3 Å². The zero-order valence-corrected chi connectivity index (χ0v) is 17.0. The summed E-state index contributed by atoms with van der Waals surface area (Å²) in [5, 5.41) is 2.81. The van der Waals surface area contributed by atoms with E-state index in [1.807, 2.05) is 13.0 Å². The predicted molar refractivity (Wildman–Crippen MR) is 116 cm³/mol. The monoisotopic (exact) mass is 424 g/mol. The average molecular weight is 425 g/mol. The number of aryl methyl sites for hydroxylation is 1. The second-order valence-electron chi connectivity index (χ2n) is 6.30. The molecule has 0 spiro atoms. The number of hydrogen-bond donors (Lipinski definition) is 2. The van der Waals surface area contributed by atoms with Gasteiger partial charge in [-0.1, -0.05) is 35.7 Å². The highest BCUT2D eigenvalue weighted by Gasteiger charge is 2.19. The molecule has 0 aliphatic carbocycles. The lowest BCUT2D eigenvalue weighted by Gasteiger charge is -2.11. The molecule has 0 saturated heterocycles. The second kappa shape index (κ2) is 8.39. The van der Waals surface area contributed by atoms with Gasteiger partial charge in [-0.05, 0) is 61.0 Å².